The Labute approximate surface area is 87.9 Å². The molecule has 0 unspecified atom stereocenters. The van der Waals surface area contributed by atoms with Crippen LogP contribution in [0, 0.1) is 20.8 Å². The second-order valence-electron chi connectivity index (χ2n) is 3.48. The zero-order chi connectivity index (χ0) is 10.0. The summed E-state index contributed by atoms with van der Waals surface area (Å²) in [4.78, 5) is 0. The predicted molar refractivity (Wildman–Crippen MR) is 59.4 cm³/mol. The van der Waals surface area contributed by atoms with Crippen molar-refractivity contribution in [3.63, 3.8) is 0 Å². The summed E-state index contributed by atoms with van der Waals surface area (Å²) in [7, 11) is 0. The van der Waals surface area contributed by atoms with Crippen LogP contribution in [0.1, 0.15) is 28.4 Å². The fourth-order valence-corrected chi connectivity index (χ4v) is 2.12. The van der Waals surface area contributed by atoms with Crippen molar-refractivity contribution in [2.24, 2.45) is 0 Å². The molecule has 0 fully saturated rings. The predicted octanol–water partition coefficient (Wildman–Crippen LogP) is 3.04. The molecule has 1 atom stereocenters. The van der Waals surface area contributed by atoms with E-state index in [-0.39, 0.29) is 6.10 Å². The van der Waals surface area contributed by atoms with Crippen molar-refractivity contribution in [2.45, 2.75) is 26.9 Å². The van der Waals surface area contributed by atoms with Crippen molar-refractivity contribution in [1.29, 1.82) is 0 Å². The Morgan fingerprint density at radius 3 is 2.08 bits per heavy atom. The normalized spacial score (nSPS) is 13.0. The van der Waals surface area contributed by atoms with Crippen molar-refractivity contribution in [1.82, 2.24) is 0 Å². The summed E-state index contributed by atoms with van der Waals surface area (Å²) in [5, 5.41) is 10.3. The lowest BCUT2D eigenvalue weighted by atomic mass is 9.96. The van der Waals surface area contributed by atoms with E-state index in [9.17, 15) is 5.11 Å². The van der Waals surface area contributed by atoms with E-state index in [2.05, 4.69) is 35.0 Å². The number of halogens is 1. The topological polar surface area (TPSA) is 20.2 Å². The number of hydrogen-bond donors (Lipinski definition) is 1. The summed E-state index contributed by atoms with van der Waals surface area (Å²) in [6.45, 7) is 6.16. The van der Waals surface area contributed by atoms with Crippen LogP contribution in [0.3, 0.4) is 0 Å². The van der Waals surface area contributed by atoms with E-state index >= 15 is 0 Å². The smallest absolute Gasteiger partial charge is 0.0891 e. The second-order valence-corrected chi connectivity index (χ2v) is 4.13. The van der Waals surface area contributed by atoms with Crippen LogP contribution in [0.2, 0.25) is 0 Å². The molecule has 0 amide bonds. The Balaban J connectivity index is 3.20. The second kappa shape index (κ2) is 4.25. The SMILES string of the molecule is Cc1cc(C)c([C@@H](O)CBr)c(C)c1. The van der Waals surface area contributed by atoms with Gasteiger partial charge in [-0.25, -0.2) is 0 Å². The molecule has 0 saturated heterocycles. The van der Waals surface area contributed by atoms with Gasteiger partial charge in [-0.1, -0.05) is 33.6 Å². The number of hydrogen-bond acceptors (Lipinski definition) is 1. The van der Waals surface area contributed by atoms with E-state index in [4.69, 9.17) is 0 Å². The molecule has 13 heavy (non-hydrogen) atoms. The number of alkyl halides is 1. The van der Waals surface area contributed by atoms with E-state index in [0.717, 1.165) is 5.56 Å². The number of aliphatic hydroxyl groups is 1. The number of aryl methyl sites for hydroxylation is 3. The first-order chi connectivity index (χ1) is 6.06. The Hall–Kier alpha value is -0.340. The van der Waals surface area contributed by atoms with Gasteiger partial charge >= 0.3 is 0 Å². The lowest BCUT2D eigenvalue weighted by molar-refractivity contribution is 0.204. The molecule has 1 N–H and O–H groups in total. The van der Waals surface area contributed by atoms with Gasteiger partial charge in [0, 0.05) is 5.33 Å². The van der Waals surface area contributed by atoms with E-state index < -0.39 is 0 Å². The van der Waals surface area contributed by atoms with Gasteiger partial charge < -0.3 is 5.11 Å². The third kappa shape index (κ3) is 2.32. The van der Waals surface area contributed by atoms with Gasteiger partial charge in [0.25, 0.3) is 0 Å². The van der Waals surface area contributed by atoms with E-state index in [1.807, 2.05) is 13.8 Å². The molecule has 0 saturated carbocycles. The summed E-state index contributed by atoms with van der Waals surface area (Å²) in [5.74, 6) is 0. The molecule has 0 aliphatic carbocycles. The Kier molecular flexibility index (Phi) is 3.51. The zero-order valence-corrected chi connectivity index (χ0v) is 9.85. The van der Waals surface area contributed by atoms with Crippen LogP contribution in [0.15, 0.2) is 12.1 Å². The third-order valence-electron chi connectivity index (χ3n) is 2.22. The van der Waals surface area contributed by atoms with Crippen LogP contribution in [-0.2, 0) is 0 Å². The van der Waals surface area contributed by atoms with E-state index in [1.165, 1.54) is 16.7 Å². The molecule has 1 aromatic rings. The van der Waals surface area contributed by atoms with Gasteiger partial charge in [0.15, 0.2) is 0 Å². The van der Waals surface area contributed by atoms with Gasteiger partial charge in [-0.05, 0) is 37.5 Å². The molecule has 0 spiro atoms. The quantitative estimate of drug-likeness (QED) is 0.791. The highest BCUT2D eigenvalue weighted by atomic mass is 79.9. The maximum atomic E-state index is 9.73. The average molecular weight is 243 g/mol. The van der Waals surface area contributed by atoms with Gasteiger partial charge in [-0.15, -0.1) is 0 Å². The molecule has 0 aliphatic rings. The fraction of sp³-hybridized carbons (Fsp3) is 0.455. The molecule has 0 aromatic heterocycles. The summed E-state index contributed by atoms with van der Waals surface area (Å²) < 4.78 is 0. The molecule has 2 heteroatoms. The monoisotopic (exact) mass is 242 g/mol. The highest BCUT2D eigenvalue weighted by Gasteiger charge is 2.11. The van der Waals surface area contributed by atoms with Crippen LogP contribution in [0.25, 0.3) is 0 Å². The summed E-state index contributed by atoms with van der Waals surface area (Å²) >= 11 is 3.29. The van der Waals surface area contributed by atoms with Gasteiger partial charge in [0.1, 0.15) is 0 Å². The van der Waals surface area contributed by atoms with E-state index in [1.54, 1.807) is 0 Å². The first kappa shape index (κ1) is 10.7. The molecule has 0 aliphatic heterocycles. The van der Waals surface area contributed by atoms with Crippen LogP contribution in [0.5, 0.6) is 0 Å². The summed E-state index contributed by atoms with van der Waals surface area (Å²) in [6.07, 6.45) is -0.388. The van der Waals surface area contributed by atoms with Crippen molar-refractivity contribution >= 4 is 15.9 Å². The molecule has 1 rings (SSSR count). The maximum Gasteiger partial charge on any atom is 0.0891 e. The van der Waals surface area contributed by atoms with Crippen LogP contribution in [-0.4, -0.2) is 10.4 Å². The van der Waals surface area contributed by atoms with Gasteiger partial charge in [-0.2, -0.15) is 0 Å². The molecule has 0 heterocycles. The molecular weight excluding hydrogens is 228 g/mol. The minimum Gasteiger partial charge on any atom is -0.388 e. The largest absolute Gasteiger partial charge is 0.388 e. The minimum atomic E-state index is -0.388. The zero-order valence-electron chi connectivity index (χ0n) is 8.26. The highest BCUT2D eigenvalue weighted by molar-refractivity contribution is 9.09. The maximum absolute atomic E-state index is 9.73. The standard InChI is InChI=1S/C11H15BrO/c1-7-4-8(2)11(9(3)5-7)10(13)6-12/h4-5,10,13H,6H2,1-3H3/t10-/m0/s1. The average Bonchev–Trinajstić information content (AvgIpc) is 2.02. The Bertz CT molecular complexity index is 284. The minimum absolute atomic E-state index is 0.388. The molecule has 1 nitrogen and oxygen atoms in total. The Morgan fingerprint density at radius 1 is 1.23 bits per heavy atom. The summed E-state index contributed by atoms with van der Waals surface area (Å²) in [5.41, 5.74) is 4.65. The van der Waals surface area contributed by atoms with Gasteiger partial charge in [-0.3, -0.25) is 0 Å². The highest BCUT2D eigenvalue weighted by Crippen LogP contribution is 2.24. The molecule has 1 aromatic carbocycles. The number of rotatable bonds is 2. The van der Waals surface area contributed by atoms with Crippen molar-refractivity contribution in [3.05, 3.63) is 34.4 Å². The van der Waals surface area contributed by atoms with Crippen LogP contribution < -0.4 is 0 Å². The van der Waals surface area contributed by atoms with Crippen LogP contribution in [0.4, 0.5) is 0 Å². The van der Waals surface area contributed by atoms with Crippen molar-refractivity contribution in [3.8, 4) is 0 Å². The third-order valence-corrected chi connectivity index (χ3v) is 2.83. The number of benzene rings is 1. The first-order valence-electron chi connectivity index (χ1n) is 4.38. The molecule has 72 valence electrons. The lowest BCUT2D eigenvalue weighted by Gasteiger charge is -2.15. The molecule has 0 radical (unpaired) electrons. The molecule has 0 bridgehead atoms. The molecular formula is C11H15BrO. The Morgan fingerprint density at radius 2 is 1.69 bits per heavy atom. The summed E-state index contributed by atoms with van der Waals surface area (Å²) in [6, 6.07) is 4.21. The van der Waals surface area contributed by atoms with Crippen LogP contribution >= 0.6 is 15.9 Å². The van der Waals surface area contributed by atoms with Gasteiger partial charge in [0.05, 0.1) is 6.10 Å². The lowest BCUT2D eigenvalue weighted by Crippen LogP contribution is -2.04. The van der Waals surface area contributed by atoms with Crippen molar-refractivity contribution < 1.29 is 5.11 Å². The van der Waals surface area contributed by atoms with E-state index in [0.29, 0.717) is 5.33 Å². The fourth-order valence-electron chi connectivity index (χ4n) is 1.79. The first-order valence-corrected chi connectivity index (χ1v) is 5.50. The van der Waals surface area contributed by atoms with Crippen molar-refractivity contribution in [2.75, 3.05) is 5.33 Å². The number of aliphatic hydroxyl groups excluding tert-OH is 1. The van der Waals surface area contributed by atoms with Gasteiger partial charge in [0.2, 0.25) is 0 Å².